The maximum absolute atomic E-state index is 6.32. The SMILES string of the molecule is C=Cc1cccc(-c2c3ccccc3c(-c3ccc4c(c3)sc3ccc5ccc6oc7ccccc7c6c5c34)c3ccccc23)c1C=C. The van der Waals surface area contributed by atoms with Gasteiger partial charge in [0.25, 0.3) is 0 Å². The van der Waals surface area contributed by atoms with Gasteiger partial charge in [-0.05, 0) is 84.6 Å². The van der Waals surface area contributed by atoms with E-state index in [9.17, 15) is 0 Å². The topological polar surface area (TPSA) is 13.1 Å². The molecule has 0 spiro atoms. The van der Waals surface area contributed by atoms with Crippen LogP contribution in [0.2, 0.25) is 0 Å². The molecule has 0 aliphatic heterocycles. The van der Waals surface area contributed by atoms with Gasteiger partial charge in [0.05, 0.1) is 0 Å². The van der Waals surface area contributed by atoms with E-state index in [0.717, 1.165) is 27.7 Å². The molecule has 0 fully saturated rings. The van der Waals surface area contributed by atoms with Gasteiger partial charge < -0.3 is 4.42 Å². The van der Waals surface area contributed by atoms with E-state index in [1.165, 1.54) is 80.1 Å². The monoisotopic (exact) mass is 628 g/mol. The highest BCUT2D eigenvalue weighted by Gasteiger charge is 2.20. The van der Waals surface area contributed by atoms with Crippen molar-refractivity contribution in [1.29, 1.82) is 0 Å². The molecular weight excluding hydrogens is 601 g/mol. The molecule has 0 amide bonds. The third-order valence-corrected chi connectivity index (χ3v) is 11.1. The maximum atomic E-state index is 6.32. The van der Waals surface area contributed by atoms with Crippen LogP contribution in [-0.2, 0) is 0 Å². The molecule has 0 aliphatic rings. The molecule has 10 rings (SSSR count). The summed E-state index contributed by atoms with van der Waals surface area (Å²) in [5, 5.41) is 12.4. The lowest BCUT2D eigenvalue weighted by atomic mass is 9.84. The van der Waals surface area contributed by atoms with Crippen molar-refractivity contribution in [2.24, 2.45) is 0 Å². The minimum atomic E-state index is 0.928. The number of hydrogen-bond donors (Lipinski definition) is 0. The smallest absolute Gasteiger partial charge is 0.136 e. The molecule has 2 heterocycles. The van der Waals surface area contributed by atoms with E-state index in [4.69, 9.17) is 4.42 Å². The van der Waals surface area contributed by atoms with Gasteiger partial charge in [0.1, 0.15) is 11.2 Å². The van der Waals surface area contributed by atoms with Crippen LogP contribution in [0.4, 0.5) is 0 Å². The third-order valence-electron chi connectivity index (χ3n) is 10.0. The number of rotatable bonds is 4. The predicted molar refractivity (Wildman–Crippen MR) is 210 cm³/mol. The first-order valence-corrected chi connectivity index (χ1v) is 17.1. The third kappa shape index (κ3) is 3.72. The lowest BCUT2D eigenvalue weighted by Crippen LogP contribution is -1.93. The van der Waals surface area contributed by atoms with Gasteiger partial charge in [0.15, 0.2) is 0 Å². The van der Waals surface area contributed by atoms with Crippen LogP contribution in [0.1, 0.15) is 11.1 Å². The largest absolute Gasteiger partial charge is 0.456 e. The first-order chi connectivity index (χ1) is 23.7. The van der Waals surface area contributed by atoms with Crippen LogP contribution in [-0.4, -0.2) is 0 Å². The number of thiophene rings is 1. The average molecular weight is 629 g/mol. The van der Waals surface area contributed by atoms with Gasteiger partial charge in [-0.1, -0.05) is 135 Å². The van der Waals surface area contributed by atoms with Crippen molar-refractivity contribution < 1.29 is 4.42 Å². The predicted octanol–water partition coefficient (Wildman–Crippen LogP) is 14.0. The summed E-state index contributed by atoms with van der Waals surface area (Å²) in [6.07, 6.45) is 3.88. The van der Waals surface area contributed by atoms with E-state index in [2.05, 4.69) is 141 Å². The van der Waals surface area contributed by atoms with Crippen molar-refractivity contribution in [2.75, 3.05) is 0 Å². The molecule has 0 saturated heterocycles. The normalized spacial score (nSPS) is 11.9. The van der Waals surface area contributed by atoms with Crippen LogP contribution in [0.3, 0.4) is 0 Å². The molecule has 0 saturated carbocycles. The Labute approximate surface area is 281 Å². The second-order valence-corrected chi connectivity index (χ2v) is 13.5. The molecule has 224 valence electrons. The maximum Gasteiger partial charge on any atom is 0.136 e. The molecule has 48 heavy (non-hydrogen) atoms. The van der Waals surface area contributed by atoms with E-state index in [0.29, 0.717) is 0 Å². The Bertz CT molecular complexity index is 2930. The van der Waals surface area contributed by atoms with Crippen LogP contribution >= 0.6 is 11.3 Å². The zero-order valence-electron chi connectivity index (χ0n) is 26.1. The second-order valence-electron chi connectivity index (χ2n) is 12.4. The highest BCUT2D eigenvalue weighted by molar-refractivity contribution is 7.26. The van der Waals surface area contributed by atoms with Gasteiger partial charge in [-0.3, -0.25) is 0 Å². The standard InChI is InChI=1S/C46H28OS/c1-3-27-12-11-18-31(30(27)4-2)44-34-15-7-5-13-32(34)42(33-14-6-8-16-35(33)44)29-20-23-37-41(26-29)48-40-25-22-28-21-24-39-45(43(28)46(37)40)36-17-9-10-19-38(36)47-39/h3-26H,1-2H2. The fourth-order valence-electron chi connectivity index (χ4n) is 7.99. The molecule has 10 aromatic rings. The van der Waals surface area contributed by atoms with Gasteiger partial charge in [0, 0.05) is 36.3 Å². The molecule has 0 radical (unpaired) electrons. The fraction of sp³-hybridized carbons (Fsp3) is 0. The van der Waals surface area contributed by atoms with Gasteiger partial charge in [-0.25, -0.2) is 0 Å². The Morgan fingerprint density at radius 3 is 1.90 bits per heavy atom. The van der Waals surface area contributed by atoms with Crippen molar-refractivity contribution in [2.45, 2.75) is 0 Å². The summed E-state index contributed by atoms with van der Waals surface area (Å²) in [5.74, 6) is 0. The summed E-state index contributed by atoms with van der Waals surface area (Å²) >= 11 is 1.87. The first-order valence-electron chi connectivity index (χ1n) is 16.2. The molecule has 0 N–H and O–H groups in total. The zero-order chi connectivity index (χ0) is 31.9. The molecular formula is C46H28OS. The minimum Gasteiger partial charge on any atom is -0.456 e. The Morgan fingerprint density at radius 2 is 1.17 bits per heavy atom. The fourth-order valence-corrected chi connectivity index (χ4v) is 9.14. The molecule has 0 aliphatic carbocycles. The Balaban J connectivity index is 1.29. The molecule has 2 aromatic heterocycles. The van der Waals surface area contributed by atoms with Crippen molar-refractivity contribution >= 4 is 97.9 Å². The summed E-state index contributed by atoms with van der Waals surface area (Å²) in [4.78, 5) is 0. The lowest BCUT2D eigenvalue weighted by Gasteiger charge is -2.19. The molecule has 8 aromatic carbocycles. The number of hydrogen-bond acceptors (Lipinski definition) is 2. The lowest BCUT2D eigenvalue weighted by molar-refractivity contribution is 0.669. The number of para-hydroxylation sites is 1. The van der Waals surface area contributed by atoms with Gasteiger partial charge in [-0.2, -0.15) is 0 Å². The second kappa shape index (κ2) is 10.3. The summed E-state index contributed by atoms with van der Waals surface area (Å²) in [6.45, 7) is 8.28. The van der Waals surface area contributed by atoms with Crippen molar-refractivity contribution in [3.63, 3.8) is 0 Å². The van der Waals surface area contributed by atoms with E-state index in [1.54, 1.807) is 0 Å². The molecule has 2 heteroatoms. The van der Waals surface area contributed by atoms with Crippen LogP contribution in [0.25, 0.3) is 109 Å². The van der Waals surface area contributed by atoms with Crippen LogP contribution in [0, 0.1) is 0 Å². The van der Waals surface area contributed by atoms with Crippen molar-refractivity contribution in [1.82, 2.24) is 0 Å². The van der Waals surface area contributed by atoms with E-state index >= 15 is 0 Å². The van der Waals surface area contributed by atoms with Gasteiger partial charge >= 0.3 is 0 Å². The molecule has 0 atom stereocenters. The van der Waals surface area contributed by atoms with Gasteiger partial charge in [-0.15, -0.1) is 11.3 Å². The number of benzene rings is 8. The minimum absolute atomic E-state index is 0.928. The number of fused-ring (bicyclic) bond motifs is 11. The molecule has 0 unspecified atom stereocenters. The zero-order valence-corrected chi connectivity index (χ0v) is 26.9. The quantitative estimate of drug-likeness (QED) is 0.177. The Kier molecular flexibility index (Phi) is 5.82. The van der Waals surface area contributed by atoms with Crippen LogP contribution in [0.15, 0.2) is 151 Å². The number of furan rings is 1. The van der Waals surface area contributed by atoms with E-state index < -0.39 is 0 Å². The average Bonchev–Trinajstić information content (AvgIpc) is 3.71. The highest BCUT2D eigenvalue weighted by Crippen LogP contribution is 2.48. The Hall–Kier alpha value is -5.96. The van der Waals surface area contributed by atoms with Crippen molar-refractivity contribution in [3.05, 3.63) is 158 Å². The van der Waals surface area contributed by atoms with Crippen LogP contribution in [0.5, 0.6) is 0 Å². The van der Waals surface area contributed by atoms with Crippen molar-refractivity contribution in [3.8, 4) is 22.3 Å². The summed E-state index contributed by atoms with van der Waals surface area (Å²) in [6, 6.07) is 48.4. The summed E-state index contributed by atoms with van der Waals surface area (Å²) in [7, 11) is 0. The summed E-state index contributed by atoms with van der Waals surface area (Å²) in [5.41, 5.74) is 8.94. The van der Waals surface area contributed by atoms with Crippen LogP contribution < -0.4 is 0 Å². The molecule has 0 bridgehead atoms. The van der Waals surface area contributed by atoms with Gasteiger partial charge in [0.2, 0.25) is 0 Å². The van der Waals surface area contributed by atoms with E-state index in [1.807, 2.05) is 29.6 Å². The Morgan fingerprint density at radius 1 is 0.479 bits per heavy atom. The molecule has 1 nitrogen and oxygen atoms in total. The van der Waals surface area contributed by atoms with E-state index in [-0.39, 0.29) is 0 Å². The highest BCUT2D eigenvalue weighted by atomic mass is 32.1. The summed E-state index contributed by atoms with van der Waals surface area (Å²) < 4.78 is 8.89. The first kappa shape index (κ1) is 27.2.